The van der Waals surface area contributed by atoms with E-state index in [4.69, 9.17) is 5.53 Å². The Morgan fingerprint density at radius 3 is 1.33 bits per heavy atom. The quantitative estimate of drug-likeness (QED) is 0.351. The zero-order valence-electron chi connectivity index (χ0n) is 12.2. The van der Waals surface area contributed by atoms with Crippen molar-refractivity contribution in [3.05, 3.63) is 10.4 Å². The van der Waals surface area contributed by atoms with E-state index in [2.05, 4.69) is 40.7 Å². The molecule has 3 rings (SSSR count). The van der Waals surface area contributed by atoms with Gasteiger partial charge in [0.25, 0.3) is 5.66 Å². The Balaban J connectivity index is 0.000000268. The van der Waals surface area contributed by atoms with E-state index in [1.54, 1.807) is 0 Å². The number of halogens is 3. The van der Waals surface area contributed by atoms with Gasteiger partial charge in [-0.25, -0.2) is 0 Å². The van der Waals surface area contributed by atoms with Gasteiger partial charge in [-0.1, -0.05) is 5.11 Å². The monoisotopic (exact) mass is 307 g/mol. The third-order valence-corrected chi connectivity index (χ3v) is 1.87. The molecule has 0 bridgehead atoms. The van der Waals surface area contributed by atoms with Crippen LogP contribution in [0.1, 0.15) is 27.7 Å². The molecule has 0 fully saturated rings. The molecule has 0 radical (unpaired) electrons. The first-order chi connectivity index (χ1) is 9.47. The molecule has 0 atom stereocenters. The van der Waals surface area contributed by atoms with Crippen molar-refractivity contribution in [2.24, 2.45) is 35.8 Å². The standard InChI is InChI=1S/C3H3F3N2.C3H6N2.C2H4N2.CH3N3/c1-2(7-8-2)3(4,5)6;1-3(2)4-5-3;1-2-3-4-2;1-3-4-2/h1H3;1-2H3;2H,1H3;1H3. The van der Waals surface area contributed by atoms with E-state index >= 15 is 0 Å². The summed E-state index contributed by atoms with van der Waals surface area (Å²) in [6.07, 6.45) is -3.95. The Kier molecular flexibility index (Phi) is 6.36. The second-order valence-electron chi connectivity index (χ2n) is 4.57. The second-order valence-corrected chi connectivity index (χ2v) is 4.57. The van der Waals surface area contributed by atoms with Crippen molar-refractivity contribution < 1.29 is 13.2 Å². The number of hydrogen-bond acceptors (Lipinski definition) is 7. The predicted octanol–water partition coefficient (Wildman–Crippen LogP) is 4.64. The average Bonchev–Trinajstić information content (AvgIpc) is 3.24. The summed E-state index contributed by atoms with van der Waals surface area (Å²) < 4.78 is 34.3. The molecule has 0 aliphatic carbocycles. The molecule has 21 heavy (non-hydrogen) atoms. The van der Waals surface area contributed by atoms with Crippen LogP contribution in [-0.4, -0.2) is 30.7 Å². The van der Waals surface area contributed by atoms with Gasteiger partial charge < -0.3 is 0 Å². The summed E-state index contributed by atoms with van der Waals surface area (Å²) in [4.78, 5) is 2.36. The molecular weight excluding hydrogens is 291 g/mol. The van der Waals surface area contributed by atoms with Crippen LogP contribution < -0.4 is 0 Å². The van der Waals surface area contributed by atoms with Gasteiger partial charge >= 0.3 is 6.18 Å². The molecule has 0 amide bonds. The summed E-state index contributed by atoms with van der Waals surface area (Å²) in [6, 6.07) is 0. The normalized spacial score (nSPS) is 20.4. The van der Waals surface area contributed by atoms with Gasteiger partial charge in [0.15, 0.2) is 11.8 Å². The van der Waals surface area contributed by atoms with E-state index in [1.165, 1.54) is 7.05 Å². The van der Waals surface area contributed by atoms with E-state index in [0.717, 1.165) is 6.92 Å². The first kappa shape index (κ1) is 18.9. The molecule has 118 valence electrons. The zero-order valence-corrected chi connectivity index (χ0v) is 12.2. The van der Waals surface area contributed by atoms with Gasteiger partial charge in [0.1, 0.15) is 0 Å². The van der Waals surface area contributed by atoms with E-state index in [-0.39, 0.29) is 5.66 Å². The molecule has 0 aromatic rings. The van der Waals surface area contributed by atoms with Crippen molar-refractivity contribution in [3.8, 4) is 0 Å². The molecule has 12 heteroatoms. The Morgan fingerprint density at radius 2 is 1.33 bits per heavy atom. The van der Waals surface area contributed by atoms with Crippen LogP contribution in [0.25, 0.3) is 10.4 Å². The van der Waals surface area contributed by atoms with Crippen LogP contribution in [0.4, 0.5) is 13.2 Å². The molecule has 3 aliphatic heterocycles. The van der Waals surface area contributed by atoms with Gasteiger partial charge in [-0.3, -0.25) is 0 Å². The molecule has 3 heterocycles. The van der Waals surface area contributed by atoms with Crippen LogP contribution in [-0.2, 0) is 0 Å². The fourth-order valence-corrected chi connectivity index (χ4v) is 0.355. The Morgan fingerprint density at radius 1 is 1.05 bits per heavy atom. The van der Waals surface area contributed by atoms with Gasteiger partial charge in [0, 0.05) is 12.0 Å². The molecule has 0 aromatic heterocycles. The van der Waals surface area contributed by atoms with Crippen LogP contribution in [0.15, 0.2) is 35.8 Å². The SMILES string of the molecule is CC1(C(F)(F)F)N=N1.CC1(C)N=N1.CC1N=N1.CN=[N+]=[N-]. The topological polar surface area (TPSA) is 123 Å². The number of nitrogens with zero attached hydrogens (tertiary/aromatic N) is 9. The fourth-order valence-electron chi connectivity index (χ4n) is 0.355. The largest absolute Gasteiger partial charge is 0.437 e. The predicted molar refractivity (Wildman–Crippen MR) is 67.6 cm³/mol. The van der Waals surface area contributed by atoms with Crippen molar-refractivity contribution in [2.45, 2.75) is 51.4 Å². The third-order valence-electron chi connectivity index (χ3n) is 1.87. The lowest BCUT2D eigenvalue weighted by atomic mass is 10.3. The van der Waals surface area contributed by atoms with Gasteiger partial charge in [0.05, 0.1) is 0 Å². The Hall–Kier alpha value is -2.10. The van der Waals surface area contributed by atoms with Crippen LogP contribution in [0.5, 0.6) is 0 Å². The molecule has 0 saturated carbocycles. The summed E-state index contributed by atoms with van der Waals surface area (Å²) >= 11 is 0. The molecule has 0 unspecified atom stereocenters. The summed E-state index contributed by atoms with van der Waals surface area (Å²) in [6.45, 7) is 6.80. The van der Waals surface area contributed by atoms with Crippen molar-refractivity contribution in [1.82, 2.24) is 0 Å². The Labute approximate surface area is 119 Å². The van der Waals surface area contributed by atoms with Gasteiger partial charge in [0.2, 0.25) is 0 Å². The maximum absolute atomic E-state index is 11.4. The van der Waals surface area contributed by atoms with Crippen LogP contribution >= 0.6 is 0 Å². The molecule has 0 saturated heterocycles. The zero-order chi connectivity index (χ0) is 16.7. The molecular formula is C9H16F3N9. The smallest absolute Gasteiger partial charge is 0.166 e. The minimum Gasteiger partial charge on any atom is -0.166 e. The molecule has 9 nitrogen and oxygen atoms in total. The van der Waals surface area contributed by atoms with Crippen LogP contribution in [0.2, 0.25) is 0 Å². The molecule has 0 aromatic carbocycles. The average molecular weight is 307 g/mol. The highest BCUT2D eigenvalue weighted by Crippen LogP contribution is 2.43. The van der Waals surface area contributed by atoms with Crippen LogP contribution in [0.3, 0.4) is 0 Å². The van der Waals surface area contributed by atoms with Gasteiger partial charge in [-0.2, -0.15) is 33.6 Å². The van der Waals surface area contributed by atoms with E-state index in [9.17, 15) is 13.2 Å². The number of azide groups is 1. The number of alkyl halides is 3. The number of rotatable bonds is 0. The molecule has 0 N–H and O–H groups in total. The highest BCUT2D eigenvalue weighted by Gasteiger charge is 2.59. The fraction of sp³-hybridized carbons (Fsp3) is 1.00. The lowest BCUT2D eigenvalue weighted by molar-refractivity contribution is -0.158. The van der Waals surface area contributed by atoms with Crippen LogP contribution in [0, 0.1) is 0 Å². The molecule has 0 spiro atoms. The summed E-state index contributed by atoms with van der Waals surface area (Å²) in [5.41, 5.74) is 5.27. The highest BCUT2D eigenvalue weighted by atomic mass is 19.4. The minimum atomic E-state index is -4.28. The van der Waals surface area contributed by atoms with Crippen molar-refractivity contribution in [2.75, 3.05) is 7.05 Å². The summed E-state index contributed by atoms with van der Waals surface area (Å²) in [7, 11) is 1.39. The van der Waals surface area contributed by atoms with Crippen molar-refractivity contribution in [1.29, 1.82) is 0 Å². The number of hydrogen-bond donors (Lipinski definition) is 0. The summed E-state index contributed by atoms with van der Waals surface area (Å²) in [5, 5.41) is 22.9. The van der Waals surface area contributed by atoms with Crippen molar-refractivity contribution in [3.63, 3.8) is 0 Å². The lowest BCUT2D eigenvalue weighted by Gasteiger charge is -2.06. The summed E-state index contributed by atoms with van der Waals surface area (Å²) in [5.74, 6) is 0. The van der Waals surface area contributed by atoms with E-state index in [0.29, 0.717) is 6.17 Å². The van der Waals surface area contributed by atoms with E-state index < -0.39 is 11.8 Å². The first-order valence-electron chi connectivity index (χ1n) is 5.75. The van der Waals surface area contributed by atoms with Crippen molar-refractivity contribution >= 4 is 0 Å². The third kappa shape index (κ3) is 10.4. The lowest BCUT2D eigenvalue weighted by Crippen LogP contribution is -2.28. The maximum atomic E-state index is 11.4. The maximum Gasteiger partial charge on any atom is 0.437 e. The van der Waals surface area contributed by atoms with E-state index in [1.807, 2.05) is 20.8 Å². The Bertz CT molecular complexity index is 450. The molecule has 3 aliphatic rings. The highest BCUT2D eigenvalue weighted by molar-refractivity contribution is 4.95. The van der Waals surface area contributed by atoms with Gasteiger partial charge in [-0.15, -0.1) is 10.2 Å². The first-order valence-corrected chi connectivity index (χ1v) is 5.75. The minimum absolute atomic E-state index is 0. The second kappa shape index (κ2) is 7.07. The van der Waals surface area contributed by atoms with Gasteiger partial charge in [-0.05, 0) is 33.2 Å².